The van der Waals surface area contributed by atoms with Crippen LogP contribution in [0.5, 0.6) is 0 Å². The average Bonchev–Trinajstić information content (AvgIpc) is 2.83. The second kappa shape index (κ2) is 16.2. The lowest BCUT2D eigenvalue weighted by atomic mass is 9.97. The summed E-state index contributed by atoms with van der Waals surface area (Å²) < 4.78 is 0. The third-order valence-corrected chi connectivity index (χ3v) is 6.37. The fourth-order valence-corrected chi connectivity index (χ4v) is 3.88. The smallest absolute Gasteiger partial charge is 0.0152 e. The highest BCUT2D eigenvalue weighted by atomic mass is 14.1. The molecule has 0 bridgehead atoms. The Morgan fingerprint density at radius 3 is 0.865 bits per heavy atom. The Kier molecular flexibility index (Phi) is 14.6. The van der Waals surface area contributed by atoms with E-state index in [2.05, 4.69) is 151 Å². The van der Waals surface area contributed by atoms with Gasteiger partial charge in [-0.2, -0.15) is 0 Å². The van der Waals surface area contributed by atoms with Crippen LogP contribution in [0.2, 0.25) is 0 Å². The summed E-state index contributed by atoms with van der Waals surface area (Å²) in [5.41, 5.74) is 10.8. The van der Waals surface area contributed by atoms with Crippen molar-refractivity contribution in [2.75, 3.05) is 0 Å². The lowest BCUT2D eigenvalue weighted by Crippen LogP contribution is -1.85. The normalized spacial score (nSPS) is 9.24. The molecule has 0 nitrogen and oxygen atoms in total. The SMILES string of the molecule is C.C.C.Cc1cc2ccccc2cc1C.Cc1ccccc1-c1ccccc1C.Cc1ccccc1C. The highest BCUT2D eigenvalue weighted by Gasteiger charge is 2.02. The second-order valence-electron chi connectivity index (χ2n) is 9.00. The molecule has 0 aliphatic rings. The summed E-state index contributed by atoms with van der Waals surface area (Å²) in [6, 6.07) is 38.3. The molecule has 0 amide bonds. The Labute approximate surface area is 228 Å². The zero-order chi connectivity index (χ0) is 24.5. The van der Waals surface area contributed by atoms with E-state index in [1.165, 1.54) is 55.3 Å². The van der Waals surface area contributed by atoms with Gasteiger partial charge in [-0.15, -0.1) is 0 Å². The van der Waals surface area contributed by atoms with Gasteiger partial charge in [-0.3, -0.25) is 0 Å². The van der Waals surface area contributed by atoms with E-state index in [1.807, 2.05) is 0 Å². The Hall–Kier alpha value is -3.64. The summed E-state index contributed by atoms with van der Waals surface area (Å²) in [6.45, 7) is 12.9. The van der Waals surface area contributed by atoms with Gasteiger partial charge in [-0.25, -0.2) is 0 Å². The molecule has 0 N–H and O–H groups in total. The Morgan fingerprint density at radius 1 is 0.297 bits per heavy atom. The summed E-state index contributed by atoms with van der Waals surface area (Å²) in [6.07, 6.45) is 0. The molecular weight excluding hydrogens is 444 g/mol. The second-order valence-corrected chi connectivity index (χ2v) is 9.00. The van der Waals surface area contributed by atoms with Crippen molar-refractivity contribution in [1.29, 1.82) is 0 Å². The van der Waals surface area contributed by atoms with Crippen molar-refractivity contribution in [3.63, 3.8) is 0 Å². The molecule has 0 aliphatic heterocycles. The van der Waals surface area contributed by atoms with Gasteiger partial charge in [0.05, 0.1) is 0 Å². The number of aryl methyl sites for hydroxylation is 6. The van der Waals surface area contributed by atoms with Crippen molar-refractivity contribution in [3.8, 4) is 11.1 Å². The number of hydrogen-bond acceptors (Lipinski definition) is 0. The third-order valence-electron chi connectivity index (χ3n) is 6.37. The maximum atomic E-state index is 2.24. The van der Waals surface area contributed by atoms with Gasteiger partial charge in [0.1, 0.15) is 0 Å². The van der Waals surface area contributed by atoms with Gasteiger partial charge in [0.25, 0.3) is 0 Å². The van der Waals surface area contributed by atoms with E-state index in [1.54, 1.807) is 0 Å². The highest BCUT2D eigenvalue weighted by molar-refractivity contribution is 5.83. The van der Waals surface area contributed by atoms with Crippen molar-refractivity contribution >= 4 is 10.8 Å². The molecule has 0 heteroatoms. The molecule has 196 valence electrons. The van der Waals surface area contributed by atoms with Gasteiger partial charge in [0, 0.05) is 0 Å². The number of fused-ring (bicyclic) bond motifs is 1. The first kappa shape index (κ1) is 33.4. The molecule has 0 heterocycles. The van der Waals surface area contributed by atoms with Crippen LogP contribution in [-0.4, -0.2) is 0 Å². The van der Waals surface area contributed by atoms with Crippen LogP contribution in [0, 0.1) is 41.5 Å². The van der Waals surface area contributed by atoms with Crippen LogP contribution in [0.1, 0.15) is 55.7 Å². The van der Waals surface area contributed by atoms with Gasteiger partial charge in [-0.05, 0) is 96.8 Å². The minimum Gasteiger partial charge on any atom is -0.0776 e. The summed E-state index contributed by atoms with van der Waals surface area (Å²) in [7, 11) is 0. The number of benzene rings is 5. The predicted octanol–water partition coefficient (Wildman–Crippen LogP) is 11.6. The Morgan fingerprint density at radius 2 is 0.568 bits per heavy atom. The zero-order valence-electron chi connectivity index (χ0n) is 21.4. The van der Waals surface area contributed by atoms with Crippen LogP contribution in [0.25, 0.3) is 21.9 Å². The molecule has 0 radical (unpaired) electrons. The minimum atomic E-state index is 0. The zero-order valence-corrected chi connectivity index (χ0v) is 21.4. The molecular formula is C37H48. The largest absolute Gasteiger partial charge is 0.0776 e. The number of rotatable bonds is 1. The van der Waals surface area contributed by atoms with E-state index in [9.17, 15) is 0 Å². The Balaban J connectivity index is 0.000000521. The van der Waals surface area contributed by atoms with Crippen molar-refractivity contribution in [2.45, 2.75) is 63.8 Å². The Bertz CT molecular complexity index is 1250. The fraction of sp³-hybridized carbons (Fsp3) is 0.243. The molecule has 0 saturated carbocycles. The summed E-state index contributed by atoms with van der Waals surface area (Å²) in [5.74, 6) is 0. The van der Waals surface area contributed by atoms with E-state index in [0.717, 1.165) is 0 Å². The molecule has 0 atom stereocenters. The maximum Gasteiger partial charge on any atom is -0.0152 e. The third kappa shape index (κ3) is 9.39. The first-order chi connectivity index (χ1) is 16.4. The van der Waals surface area contributed by atoms with Crippen molar-refractivity contribution in [3.05, 3.63) is 143 Å². The van der Waals surface area contributed by atoms with E-state index >= 15 is 0 Å². The first-order valence-electron chi connectivity index (χ1n) is 12.0. The fourth-order valence-electron chi connectivity index (χ4n) is 3.88. The van der Waals surface area contributed by atoms with Gasteiger partial charge >= 0.3 is 0 Å². The van der Waals surface area contributed by atoms with Gasteiger partial charge in [-0.1, -0.05) is 131 Å². The van der Waals surface area contributed by atoms with Crippen molar-refractivity contribution < 1.29 is 0 Å². The number of hydrogen-bond donors (Lipinski definition) is 0. The highest BCUT2D eigenvalue weighted by Crippen LogP contribution is 2.25. The molecule has 0 saturated heterocycles. The summed E-state index contributed by atoms with van der Waals surface area (Å²) in [4.78, 5) is 0. The van der Waals surface area contributed by atoms with Crippen LogP contribution >= 0.6 is 0 Å². The average molecular weight is 493 g/mol. The van der Waals surface area contributed by atoms with Gasteiger partial charge in [0.15, 0.2) is 0 Å². The van der Waals surface area contributed by atoms with Crippen LogP contribution < -0.4 is 0 Å². The lowest BCUT2D eigenvalue weighted by molar-refractivity contribution is 1.34. The van der Waals surface area contributed by atoms with E-state index < -0.39 is 0 Å². The van der Waals surface area contributed by atoms with Crippen LogP contribution in [-0.2, 0) is 0 Å². The van der Waals surface area contributed by atoms with Crippen LogP contribution in [0.3, 0.4) is 0 Å². The molecule has 0 aromatic heterocycles. The molecule has 0 unspecified atom stereocenters. The summed E-state index contributed by atoms with van der Waals surface area (Å²) in [5, 5.41) is 2.67. The van der Waals surface area contributed by atoms with Crippen LogP contribution in [0.4, 0.5) is 0 Å². The predicted molar refractivity (Wildman–Crippen MR) is 171 cm³/mol. The molecule has 5 rings (SSSR count). The van der Waals surface area contributed by atoms with Gasteiger partial charge in [0.2, 0.25) is 0 Å². The molecule has 5 aromatic carbocycles. The molecule has 0 aliphatic carbocycles. The standard InChI is InChI=1S/C14H14.C12H12.C8H10.3CH4/c1-11-7-3-5-9-13(11)14-10-6-4-8-12(14)2;1-9-7-11-5-3-4-6-12(11)8-10(9)2;1-7-5-3-4-6-8(7)2;;;/h3-10H,1-2H3;3-8H,1-2H3;3-6H,1-2H3;3*1H4. The molecule has 0 spiro atoms. The van der Waals surface area contributed by atoms with Crippen molar-refractivity contribution in [2.24, 2.45) is 0 Å². The monoisotopic (exact) mass is 492 g/mol. The molecule has 5 aromatic rings. The maximum absolute atomic E-state index is 2.24. The van der Waals surface area contributed by atoms with E-state index in [-0.39, 0.29) is 22.3 Å². The van der Waals surface area contributed by atoms with Crippen molar-refractivity contribution in [1.82, 2.24) is 0 Å². The van der Waals surface area contributed by atoms with E-state index in [0.29, 0.717) is 0 Å². The van der Waals surface area contributed by atoms with Gasteiger partial charge < -0.3 is 0 Å². The lowest BCUT2D eigenvalue weighted by Gasteiger charge is -2.08. The minimum absolute atomic E-state index is 0. The van der Waals surface area contributed by atoms with E-state index in [4.69, 9.17) is 0 Å². The van der Waals surface area contributed by atoms with Crippen LogP contribution in [0.15, 0.2) is 109 Å². The molecule has 0 fully saturated rings. The quantitative estimate of drug-likeness (QED) is 0.218. The first-order valence-corrected chi connectivity index (χ1v) is 12.0. The summed E-state index contributed by atoms with van der Waals surface area (Å²) >= 11 is 0. The molecule has 37 heavy (non-hydrogen) atoms. The topological polar surface area (TPSA) is 0 Å².